The molecule has 0 bridgehead atoms. The number of azo groups is 1. The molecule has 7 heteroatoms. The number of rotatable bonds is 7. The van der Waals surface area contributed by atoms with Crippen molar-refractivity contribution in [2.24, 2.45) is 15.3 Å². The third-order valence-corrected chi connectivity index (χ3v) is 4.64. The molecular formula is C25H21N5O2. The number of phenolic OH excluding ortho intramolecular Hbond substituents is 1. The molecule has 0 atom stereocenters. The molecule has 32 heavy (non-hydrogen) atoms. The summed E-state index contributed by atoms with van der Waals surface area (Å²) in [5, 5.41) is 27.6. The van der Waals surface area contributed by atoms with Crippen molar-refractivity contribution in [3.8, 4) is 5.75 Å². The molecule has 0 aromatic heterocycles. The first-order valence-corrected chi connectivity index (χ1v) is 10.0. The van der Waals surface area contributed by atoms with E-state index in [0.717, 1.165) is 22.1 Å². The molecule has 0 fully saturated rings. The Hall–Kier alpha value is -4.52. The highest BCUT2D eigenvalue weighted by Crippen LogP contribution is 2.24. The summed E-state index contributed by atoms with van der Waals surface area (Å²) in [6.45, 7) is 0.0625. The van der Waals surface area contributed by atoms with Crippen molar-refractivity contribution in [2.45, 2.75) is 0 Å². The van der Waals surface area contributed by atoms with E-state index in [0.29, 0.717) is 11.3 Å². The third kappa shape index (κ3) is 5.54. The van der Waals surface area contributed by atoms with E-state index < -0.39 is 0 Å². The summed E-state index contributed by atoms with van der Waals surface area (Å²) < 4.78 is 0. The number of fused-ring (bicyclic) bond motifs is 1. The van der Waals surface area contributed by atoms with Crippen LogP contribution >= 0.6 is 0 Å². The van der Waals surface area contributed by atoms with E-state index in [4.69, 9.17) is 0 Å². The van der Waals surface area contributed by atoms with Crippen molar-refractivity contribution in [1.29, 1.82) is 0 Å². The molecule has 4 aromatic carbocycles. The van der Waals surface area contributed by atoms with Gasteiger partial charge in [-0.1, -0.05) is 48.5 Å². The Balaban J connectivity index is 1.33. The SMILES string of the molecule is O=C(CNc1ccc2ccccc2c1)NN=Cc1cc(N=Nc2ccccc2)ccc1O. The number of amides is 1. The number of aromatic hydroxyl groups is 1. The minimum Gasteiger partial charge on any atom is -0.507 e. The van der Waals surface area contributed by atoms with Gasteiger partial charge in [0.05, 0.1) is 24.1 Å². The number of nitrogens with one attached hydrogen (secondary N) is 2. The lowest BCUT2D eigenvalue weighted by Crippen LogP contribution is -2.25. The first-order chi connectivity index (χ1) is 15.7. The second kappa shape index (κ2) is 9.99. The van der Waals surface area contributed by atoms with Crippen molar-refractivity contribution in [1.82, 2.24) is 5.43 Å². The largest absolute Gasteiger partial charge is 0.507 e. The van der Waals surface area contributed by atoms with Crippen LogP contribution in [0.5, 0.6) is 5.75 Å². The number of hydrogen-bond acceptors (Lipinski definition) is 6. The normalized spacial score (nSPS) is 11.2. The molecule has 4 aromatic rings. The van der Waals surface area contributed by atoms with Crippen molar-refractivity contribution < 1.29 is 9.90 Å². The highest BCUT2D eigenvalue weighted by atomic mass is 16.3. The first kappa shape index (κ1) is 20.7. The van der Waals surface area contributed by atoms with Gasteiger partial charge in [0.2, 0.25) is 0 Å². The highest BCUT2D eigenvalue weighted by molar-refractivity contribution is 5.88. The Morgan fingerprint density at radius 3 is 2.41 bits per heavy atom. The average molecular weight is 423 g/mol. The molecule has 0 radical (unpaired) electrons. The van der Waals surface area contributed by atoms with Crippen molar-refractivity contribution >= 4 is 40.0 Å². The van der Waals surface area contributed by atoms with Gasteiger partial charge in [-0.25, -0.2) is 5.43 Å². The van der Waals surface area contributed by atoms with Gasteiger partial charge in [0, 0.05) is 11.3 Å². The van der Waals surface area contributed by atoms with E-state index in [9.17, 15) is 9.90 Å². The molecule has 0 aliphatic carbocycles. The second-order valence-electron chi connectivity index (χ2n) is 6.99. The fourth-order valence-corrected chi connectivity index (χ4v) is 3.01. The molecule has 0 aliphatic rings. The highest BCUT2D eigenvalue weighted by Gasteiger charge is 2.03. The maximum absolute atomic E-state index is 12.1. The van der Waals surface area contributed by atoms with Crippen LogP contribution in [0.15, 0.2) is 106 Å². The fourth-order valence-electron chi connectivity index (χ4n) is 3.01. The lowest BCUT2D eigenvalue weighted by atomic mass is 10.1. The standard InChI is InChI=1S/C25H21N5O2/c31-24-13-12-23(29-28-21-8-2-1-3-9-21)15-20(24)16-27-30-25(32)17-26-22-11-10-18-6-4-5-7-19(18)14-22/h1-16,26,31H,17H2,(H,30,32). The number of benzene rings is 4. The predicted molar refractivity (Wildman–Crippen MR) is 127 cm³/mol. The molecule has 0 aliphatic heterocycles. The maximum atomic E-state index is 12.1. The number of carbonyl (C=O) groups is 1. The van der Waals surface area contributed by atoms with Gasteiger partial charge in [0.15, 0.2) is 0 Å². The number of nitrogens with zero attached hydrogens (tertiary/aromatic N) is 3. The minimum atomic E-state index is -0.311. The van der Waals surface area contributed by atoms with Crippen LogP contribution in [0.4, 0.5) is 17.1 Å². The smallest absolute Gasteiger partial charge is 0.259 e. The monoisotopic (exact) mass is 423 g/mol. The van der Waals surface area contributed by atoms with Crippen LogP contribution < -0.4 is 10.7 Å². The lowest BCUT2D eigenvalue weighted by molar-refractivity contribution is -0.119. The topological polar surface area (TPSA) is 98.4 Å². The summed E-state index contributed by atoms with van der Waals surface area (Å²) in [4.78, 5) is 12.1. The number of anilines is 1. The van der Waals surface area contributed by atoms with Gasteiger partial charge in [0.25, 0.3) is 5.91 Å². The van der Waals surface area contributed by atoms with Gasteiger partial charge in [-0.15, -0.1) is 0 Å². The van der Waals surface area contributed by atoms with Gasteiger partial charge < -0.3 is 10.4 Å². The second-order valence-corrected chi connectivity index (χ2v) is 6.99. The molecule has 7 nitrogen and oxygen atoms in total. The van der Waals surface area contributed by atoms with E-state index >= 15 is 0 Å². The van der Waals surface area contributed by atoms with Crippen LogP contribution in [0.25, 0.3) is 10.8 Å². The van der Waals surface area contributed by atoms with Gasteiger partial charge in [0.1, 0.15) is 5.75 Å². The maximum Gasteiger partial charge on any atom is 0.259 e. The Morgan fingerprint density at radius 1 is 0.812 bits per heavy atom. The summed E-state index contributed by atoms with van der Waals surface area (Å²) in [6.07, 6.45) is 1.37. The zero-order chi connectivity index (χ0) is 22.2. The first-order valence-electron chi connectivity index (χ1n) is 10.0. The van der Waals surface area contributed by atoms with E-state index in [2.05, 4.69) is 26.1 Å². The quantitative estimate of drug-likeness (QED) is 0.207. The van der Waals surface area contributed by atoms with Crippen LogP contribution in [0.1, 0.15) is 5.56 Å². The predicted octanol–water partition coefficient (Wildman–Crippen LogP) is 5.52. The molecule has 0 heterocycles. The number of hydrogen-bond donors (Lipinski definition) is 3. The molecule has 4 rings (SSSR count). The van der Waals surface area contributed by atoms with Crippen LogP contribution in [-0.4, -0.2) is 23.8 Å². The lowest BCUT2D eigenvalue weighted by Gasteiger charge is -2.07. The van der Waals surface area contributed by atoms with Crippen LogP contribution in [0.2, 0.25) is 0 Å². The van der Waals surface area contributed by atoms with E-state index in [1.807, 2.05) is 72.8 Å². The summed E-state index contributed by atoms with van der Waals surface area (Å²) in [5.41, 5.74) is 4.98. The fraction of sp³-hybridized carbons (Fsp3) is 0.0400. The van der Waals surface area contributed by atoms with E-state index in [-0.39, 0.29) is 18.2 Å². The third-order valence-electron chi connectivity index (χ3n) is 4.64. The summed E-state index contributed by atoms with van der Waals surface area (Å²) in [6, 6.07) is 28.0. The molecule has 3 N–H and O–H groups in total. The Morgan fingerprint density at radius 2 is 1.56 bits per heavy atom. The van der Waals surface area contributed by atoms with E-state index in [1.54, 1.807) is 12.1 Å². The molecular weight excluding hydrogens is 402 g/mol. The molecule has 1 amide bonds. The zero-order valence-corrected chi connectivity index (χ0v) is 17.1. The molecule has 0 saturated heterocycles. The zero-order valence-electron chi connectivity index (χ0n) is 17.1. The van der Waals surface area contributed by atoms with E-state index in [1.165, 1.54) is 12.3 Å². The van der Waals surface area contributed by atoms with Crippen LogP contribution in [0, 0.1) is 0 Å². The van der Waals surface area contributed by atoms with Crippen molar-refractivity contribution in [2.75, 3.05) is 11.9 Å². The van der Waals surface area contributed by atoms with Gasteiger partial charge in [-0.2, -0.15) is 15.3 Å². The molecule has 0 saturated carbocycles. The van der Waals surface area contributed by atoms with Crippen molar-refractivity contribution in [3.63, 3.8) is 0 Å². The van der Waals surface area contributed by atoms with Gasteiger partial charge >= 0.3 is 0 Å². The number of carbonyl (C=O) groups excluding carboxylic acids is 1. The Labute approximate surface area is 185 Å². The molecule has 0 unspecified atom stereocenters. The van der Waals surface area contributed by atoms with Gasteiger partial charge in [-0.3, -0.25) is 4.79 Å². The Kier molecular flexibility index (Phi) is 6.48. The molecule has 158 valence electrons. The average Bonchev–Trinajstić information content (AvgIpc) is 2.83. The summed E-state index contributed by atoms with van der Waals surface area (Å²) >= 11 is 0. The van der Waals surface area contributed by atoms with Crippen LogP contribution in [-0.2, 0) is 4.79 Å². The summed E-state index contributed by atoms with van der Waals surface area (Å²) in [7, 11) is 0. The number of phenols is 1. The molecule has 0 spiro atoms. The Bertz CT molecular complexity index is 1290. The van der Waals surface area contributed by atoms with Crippen molar-refractivity contribution in [3.05, 3.63) is 96.6 Å². The van der Waals surface area contributed by atoms with Gasteiger partial charge in [-0.05, 0) is 53.2 Å². The van der Waals surface area contributed by atoms with Crippen LogP contribution in [0.3, 0.4) is 0 Å². The minimum absolute atomic E-state index is 0.0240. The number of hydrazone groups is 1. The summed E-state index contributed by atoms with van der Waals surface area (Å²) in [5.74, 6) is -0.287.